The third-order valence-electron chi connectivity index (χ3n) is 2.63. The molecule has 0 spiro atoms. The Morgan fingerprint density at radius 2 is 2.26 bits per heavy atom. The van der Waals surface area contributed by atoms with Crippen LogP contribution < -0.4 is 10.1 Å². The second kappa shape index (κ2) is 6.07. The van der Waals surface area contributed by atoms with E-state index >= 15 is 0 Å². The third kappa shape index (κ3) is 3.15. The molecule has 0 aliphatic carbocycles. The molecule has 0 saturated heterocycles. The van der Waals surface area contributed by atoms with Gasteiger partial charge in [-0.1, -0.05) is 17.7 Å². The molecule has 0 radical (unpaired) electrons. The van der Waals surface area contributed by atoms with E-state index in [1.807, 2.05) is 18.2 Å². The van der Waals surface area contributed by atoms with E-state index in [1.165, 1.54) is 0 Å². The van der Waals surface area contributed by atoms with Gasteiger partial charge in [-0.2, -0.15) is 5.26 Å². The minimum absolute atomic E-state index is 0.427. The third-order valence-corrected chi connectivity index (χ3v) is 2.93. The number of rotatable bonds is 4. The van der Waals surface area contributed by atoms with Gasteiger partial charge >= 0.3 is 0 Å². The molecule has 96 valence electrons. The van der Waals surface area contributed by atoms with Gasteiger partial charge in [0, 0.05) is 12.7 Å². The summed E-state index contributed by atoms with van der Waals surface area (Å²) in [5.41, 5.74) is 2.25. The maximum Gasteiger partial charge on any atom is 0.152 e. The van der Waals surface area contributed by atoms with Crippen molar-refractivity contribution in [2.24, 2.45) is 0 Å². The number of benzene rings is 1. The summed E-state index contributed by atoms with van der Waals surface area (Å²) < 4.78 is 5.10. The van der Waals surface area contributed by atoms with Crippen molar-refractivity contribution in [3.8, 4) is 11.8 Å². The predicted molar refractivity (Wildman–Crippen MR) is 74.3 cm³/mol. The monoisotopic (exact) mass is 273 g/mol. The molecule has 5 heteroatoms. The number of hydrogen-bond acceptors (Lipinski definition) is 4. The van der Waals surface area contributed by atoms with Crippen molar-refractivity contribution >= 4 is 17.3 Å². The molecule has 0 aliphatic heterocycles. The summed E-state index contributed by atoms with van der Waals surface area (Å²) in [6, 6.07) is 11.2. The van der Waals surface area contributed by atoms with Crippen LogP contribution in [0.2, 0.25) is 5.15 Å². The normalized spacial score (nSPS) is 9.74. The van der Waals surface area contributed by atoms with Gasteiger partial charge in [-0.3, -0.25) is 0 Å². The lowest BCUT2D eigenvalue weighted by atomic mass is 10.1. The fourth-order valence-corrected chi connectivity index (χ4v) is 1.85. The van der Waals surface area contributed by atoms with E-state index in [0.717, 1.165) is 11.3 Å². The quantitative estimate of drug-likeness (QED) is 0.869. The second-order valence-corrected chi connectivity index (χ2v) is 4.20. The molecule has 0 saturated carbocycles. The number of hydrogen-bond donors (Lipinski definition) is 1. The van der Waals surface area contributed by atoms with E-state index in [9.17, 15) is 0 Å². The number of nitrogens with one attached hydrogen (secondary N) is 1. The van der Waals surface area contributed by atoms with Crippen LogP contribution in [0.5, 0.6) is 5.75 Å². The van der Waals surface area contributed by atoms with Crippen molar-refractivity contribution in [2.75, 3.05) is 12.4 Å². The molecule has 0 fully saturated rings. The number of nitrogens with zero attached hydrogens (tertiary/aromatic N) is 2. The van der Waals surface area contributed by atoms with Gasteiger partial charge in [0.2, 0.25) is 0 Å². The van der Waals surface area contributed by atoms with E-state index in [2.05, 4.69) is 16.4 Å². The first-order chi connectivity index (χ1) is 9.24. The van der Waals surface area contributed by atoms with Crippen LogP contribution in [0.4, 0.5) is 5.69 Å². The van der Waals surface area contributed by atoms with Crippen molar-refractivity contribution < 1.29 is 4.74 Å². The van der Waals surface area contributed by atoms with Crippen LogP contribution in [0, 0.1) is 11.3 Å². The van der Waals surface area contributed by atoms with Gasteiger partial charge in [0.25, 0.3) is 0 Å². The van der Waals surface area contributed by atoms with Gasteiger partial charge in [-0.15, -0.1) is 0 Å². The summed E-state index contributed by atoms with van der Waals surface area (Å²) in [5, 5.41) is 12.6. The van der Waals surface area contributed by atoms with Gasteiger partial charge in [-0.05, 0) is 29.8 Å². The Kier molecular flexibility index (Phi) is 4.22. The predicted octanol–water partition coefficient (Wildman–Crippen LogP) is 3.23. The zero-order valence-corrected chi connectivity index (χ0v) is 11.1. The number of ether oxygens (including phenoxy) is 1. The number of methoxy groups -OCH3 is 1. The first-order valence-corrected chi connectivity index (χ1v) is 6.04. The van der Waals surface area contributed by atoms with E-state index in [0.29, 0.717) is 23.0 Å². The number of nitriles is 1. The number of anilines is 1. The fourth-order valence-electron chi connectivity index (χ4n) is 1.67. The lowest BCUT2D eigenvalue weighted by Gasteiger charge is -2.09. The molecular weight excluding hydrogens is 262 g/mol. The standard InChI is InChI=1S/C14H12ClN3O/c1-19-13-5-4-10(7-11(13)8-16)9-18-12-3-2-6-17-14(12)15/h2-7,18H,9H2,1H3. The molecule has 0 bridgehead atoms. The highest BCUT2D eigenvalue weighted by Gasteiger charge is 2.04. The van der Waals surface area contributed by atoms with Crippen molar-refractivity contribution in [1.82, 2.24) is 4.98 Å². The number of halogens is 1. The van der Waals surface area contributed by atoms with Crippen LogP contribution in [0.1, 0.15) is 11.1 Å². The molecule has 1 heterocycles. The fraction of sp³-hybridized carbons (Fsp3) is 0.143. The maximum absolute atomic E-state index is 9.02. The highest BCUT2D eigenvalue weighted by molar-refractivity contribution is 6.31. The number of pyridine rings is 1. The second-order valence-electron chi connectivity index (χ2n) is 3.84. The van der Waals surface area contributed by atoms with Gasteiger partial charge in [-0.25, -0.2) is 4.98 Å². The van der Waals surface area contributed by atoms with Gasteiger partial charge < -0.3 is 10.1 Å². The zero-order valence-electron chi connectivity index (χ0n) is 10.4. The average Bonchev–Trinajstić information content (AvgIpc) is 2.46. The molecule has 1 aromatic carbocycles. The molecule has 0 amide bonds. The van der Waals surface area contributed by atoms with Crippen molar-refractivity contribution in [1.29, 1.82) is 5.26 Å². The first-order valence-electron chi connectivity index (χ1n) is 5.66. The molecule has 2 rings (SSSR count). The Labute approximate surface area is 116 Å². The highest BCUT2D eigenvalue weighted by Crippen LogP contribution is 2.21. The minimum atomic E-state index is 0.427. The lowest BCUT2D eigenvalue weighted by molar-refractivity contribution is 0.413. The minimum Gasteiger partial charge on any atom is -0.495 e. The highest BCUT2D eigenvalue weighted by atomic mass is 35.5. The molecule has 1 aromatic heterocycles. The Morgan fingerprint density at radius 3 is 2.95 bits per heavy atom. The molecule has 4 nitrogen and oxygen atoms in total. The van der Waals surface area contributed by atoms with E-state index in [1.54, 1.807) is 25.4 Å². The smallest absolute Gasteiger partial charge is 0.152 e. The van der Waals surface area contributed by atoms with Crippen LogP contribution in [0.25, 0.3) is 0 Å². The van der Waals surface area contributed by atoms with Crippen LogP contribution in [0.15, 0.2) is 36.5 Å². The Bertz CT molecular complexity index is 622. The molecule has 0 atom stereocenters. The largest absolute Gasteiger partial charge is 0.495 e. The van der Waals surface area contributed by atoms with E-state index < -0.39 is 0 Å². The number of aromatic nitrogens is 1. The summed E-state index contributed by atoms with van der Waals surface area (Å²) in [4.78, 5) is 3.98. The molecule has 19 heavy (non-hydrogen) atoms. The summed E-state index contributed by atoms with van der Waals surface area (Å²) in [7, 11) is 1.55. The topological polar surface area (TPSA) is 57.9 Å². The molecular formula is C14H12ClN3O. The Hall–Kier alpha value is -2.25. The van der Waals surface area contributed by atoms with Crippen LogP contribution >= 0.6 is 11.6 Å². The summed E-state index contributed by atoms with van der Waals surface area (Å²) in [6.07, 6.45) is 1.63. The summed E-state index contributed by atoms with van der Waals surface area (Å²) in [6.45, 7) is 0.560. The molecule has 0 aliphatic rings. The SMILES string of the molecule is COc1ccc(CNc2cccnc2Cl)cc1C#N. The van der Waals surface area contributed by atoms with Crippen LogP contribution in [-0.4, -0.2) is 12.1 Å². The van der Waals surface area contributed by atoms with Crippen molar-refractivity contribution in [2.45, 2.75) is 6.54 Å². The lowest BCUT2D eigenvalue weighted by Crippen LogP contribution is -2.01. The maximum atomic E-state index is 9.02. The molecule has 0 unspecified atom stereocenters. The van der Waals surface area contributed by atoms with Gasteiger partial charge in [0.05, 0.1) is 18.4 Å². The van der Waals surface area contributed by atoms with E-state index in [4.69, 9.17) is 21.6 Å². The Balaban J connectivity index is 2.13. The zero-order chi connectivity index (χ0) is 13.7. The average molecular weight is 274 g/mol. The van der Waals surface area contributed by atoms with Crippen molar-refractivity contribution in [3.63, 3.8) is 0 Å². The Morgan fingerprint density at radius 1 is 1.42 bits per heavy atom. The van der Waals surface area contributed by atoms with Crippen LogP contribution in [0.3, 0.4) is 0 Å². The first kappa shape index (κ1) is 13.2. The van der Waals surface area contributed by atoms with E-state index in [-0.39, 0.29) is 0 Å². The summed E-state index contributed by atoms with van der Waals surface area (Å²) >= 11 is 5.95. The van der Waals surface area contributed by atoms with Crippen molar-refractivity contribution in [3.05, 3.63) is 52.8 Å². The summed E-state index contributed by atoms with van der Waals surface area (Å²) in [5.74, 6) is 0.575. The van der Waals surface area contributed by atoms with Gasteiger partial charge in [0.15, 0.2) is 5.15 Å². The molecule has 2 aromatic rings. The van der Waals surface area contributed by atoms with Gasteiger partial charge in [0.1, 0.15) is 11.8 Å². The van der Waals surface area contributed by atoms with Crippen LogP contribution in [-0.2, 0) is 6.54 Å². The molecule has 1 N–H and O–H groups in total.